The van der Waals surface area contributed by atoms with Crippen molar-refractivity contribution in [2.45, 2.75) is 20.8 Å². The Bertz CT molecular complexity index is 792. The van der Waals surface area contributed by atoms with Gasteiger partial charge in [-0.15, -0.1) is 11.3 Å². The maximum absolute atomic E-state index is 14.0. The molecule has 2 amide bonds. The number of aryl methyl sites for hydroxylation is 1. The number of nitrogens with zero attached hydrogens (tertiary/aromatic N) is 2. The quantitative estimate of drug-likeness (QED) is 0.836. The number of rotatable bonds is 2. The van der Waals surface area contributed by atoms with Crippen molar-refractivity contribution in [2.75, 3.05) is 26.2 Å². The lowest BCUT2D eigenvalue weighted by Crippen LogP contribution is -2.51. The molecule has 0 bridgehead atoms. The summed E-state index contributed by atoms with van der Waals surface area (Å²) >= 11 is 1.34. The molecule has 1 aromatic heterocycles. The Morgan fingerprint density at radius 1 is 1.12 bits per heavy atom. The van der Waals surface area contributed by atoms with Gasteiger partial charge in [-0.05, 0) is 24.6 Å². The molecule has 0 N–H and O–H groups in total. The van der Waals surface area contributed by atoms with Crippen molar-refractivity contribution in [3.8, 4) is 0 Å². The van der Waals surface area contributed by atoms with E-state index in [0.29, 0.717) is 42.0 Å². The zero-order valence-electron chi connectivity index (χ0n) is 14.1. The van der Waals surface area contributed by atoms with Crippen LogP contribution in [0, 0.1) is 18.7 Å². The van der Waals surface area contributed by atoms with Gasteiger partial charge in [0.1, 0.15) is 5.82 Å². The van der Waals surface area contributed by atoms with Gasteiger partial charge in [0.25, 0.3) is 5.91 Å². The molecule has 2 heterocycles. The summed E-state index contributed by atoms with van der Waals surface area (Å²) in [4.78, 5) is 29.0. The van der Waals surface area contributed by atoms with Crippen LogP contribution in [0.3, 0.4) is 0 Å². The summed E-state index contributed by atoms with van der Waals surface area (Å²) in [5.41, 5.74) is 0.707. The SMILES string of the molecule is Cc1c(C(=O)N2CCN(C(=O)C(C)C)CC2)sc2cccc(F)c12. The van der Waals surface area contributed by atoms with Crippen LogP contribution in [-0.4, -0.2) is 47.8 Å². The highest BCUT2D eigenvalue weighted by Crippen LogP contribution is 2.33. The Hall–Kier alpha value is -1.95. The minimum absolute atomic E-state index is 0.0277. The second-order valence-electron chi connectivity index (χ2n) is 6.44. The van der Waals surface area contributed by atoms with E-state index < -0.39 is 0 Å². The smallest absolute Gasteiger partial charge is 0.264 e. The summed E-state index contributed by atoms with van der Waals surface area (Å²) < 4.78 is 14.8. The van der Waals surface area contributed by atoms with Gasteiger partial charge in [0.05, 0.1) is 4.88 Å². The zero-order valence-corrected chi connectivity index (χ0v) is 15.0. The highest BCUT2D eigenvalue weighted by Gasteiger charge is 2.28. The fourth-order valence-corrected chi connectivity index (χ4v) is 4.29. The van der Waals surface area contributed by atoms with E-state index in [9.17, 15) is 14.0 Å². The van der Waals surface area contributed by atoms with Crippen molar-refractivity contribution < 1.29 is 14.0 Å². The number of carbonyl (C=O) groups is 2. The van der Waals surface area contributed by atoms with Gasteiger partial charge in [-0.25, -0.2) is 4.39 Å². The number of carbonyl (C=O) groups excluding carboxylic acids is 2. The van der Waals surface area contributed by atoms with Crippen molar-refractivity contribution >= 4 is 33.2 Å². The molecule has 0 radical (unpaired) electrons. The summed E-state index contributed by atoms with van der Waals surface area (Å²) in [6, 6.07) is 4.93. The molecule has 1 aromatic carbocycles. The number of fused-ring (bicyclic) bond motifs is 1. The van der Waals surface area contributed by atoms with Crippen molar-refractivity contribution in [3.63, 3.8) is 0 Å². The van der Waals surface area contributed by atoms with Gasteiger partial charge in [-0.1, -0.05) is 19.9 Å². The fourth-order valence-electron chi connectivity index (χ4n) is 3.10. The van der Waals surface area contributed by atoms with Crippen LogP contribution in [0.25, 0.3) is 10.1 Å². The van der Waals surface area contributed by atoms with Crippen molar-refractivity contribution in [3.05, 3.63) is 34.5 Å². The molecule has 0 unspecified atom stereocenters. The van der Waals surface area contributed by atoms with Crippen LogP contribution in [0.15, 0.2) is 18.2 Å². The second kappa shape index (κ2) is 6.51. The molecule has 128 valence electrons. The number of hydrogen-bond donors (Lipinski definition) is 0. The van der Waals surface area contributed by atoms with Gasteiger partial charge in [-0.2, -0.15) is 0 Å². The molecule has 0 aliphatic carbocycles. The maximum atomic E-state index is 14.0. The Morgan fingerprint density at radius 2 is 1.75 bits per heavy atom. The van der Waals surface area contributed by atoms with E-state index in [1.807, 2.05) is 24.8 Å². The molecule has 1 aliphatic rings. The third kappa shape index (κ3) is 2.90. The topological polar surface area (TPSA) is 40.6 Å². The largest absolute Gasteiger partial charge is 0.339 e. The molecule has 1 aliphatic heterocycles. The summed E-state index contributed by atoms with van der Waals surface area (Å²) in [6.45, 7) is 7.72. The highest BCUT2D eigenvalue weighted by molar-refractivity contribution is 7.21. The third-order valence-corrected chi connectivity index (χ3v) is 5.71. The summed E-state index contributed by atoms with van der Waals surface area (Å²) in [6.07, 6.45) is 0. The van der Waals surface area contributed by atoms with Gasteiger partial charge in [-0.3, -0.25) is 9.59 Å². The lowest BCUT2D eigenvalue weighted by molar-refractivity contribution is -0.135. The van der Waals surface area contributed by atoms with E-state index >= 15 is 0 Å². The Labute approximate surface area is 144 Å². The minimum atomic E-state index is -0.285. The molecular formula is C18H21FN2O2S. The van der Waals surface area contributed by atoms with Crippen LogP contribution in [0.1, 0.15) is 29.1 Å². The molecular weight excluding hydrogens is 327 g/mol. The van der Waals surface area contributed by atoms with Crippen LogP contribution >= 0.6 is 11.3 Å². The molecule has 1 fully saturated rings. The van der Waals surface area contributed by atoms with E-state index in [4.69, 9.17) is 0 Å². The van der Waals surface area contributed by atoms with Crippen LogP contribution in [0.5, 0.6) is 0 Å². The van der Waals surface area contributed by atoms with Gasteiger partial charge >= 0.3 is 0 Å². The Balaban J connectivity index is 1.78. The molecule has 0 atom stereocenters. The Kier molecular flexibility index (Phi) is 4.58. The molecule has 24 heavy (non-hydrogen) atoms. The summed E-state index contributed by atoms with van der Waals surface area (Å²) in [7, 11) is 0. The molecule has 3 rings (SSSR count). The van der Waals surface area contributed by atoms with Crippen LogP contribution < -0.4 is 0 Å². The highest BCUT2D eigenvalue weighted by atomic mass is 32.1. The fraction of sp³-hybridized carbons (Fsp3) is 0.444. The maximum Gasteiger partial charge on any atom is 0.264 e. The van der Waals surface area contributed by atoms with Gasteiger partial charge in [0, 0.05) is 42.2 Å². The monoisotopic (exact) mass is 348 g/mol. The molecule has 1 saturated heterocycles. The van der Waals surface area contributed by atoms with Crippen molar-refractivity contribution in [2.24, 2.45) is 5.92 Å². The summed E-state index contributed by atoms with van der Waals surface area (Å²) in [5, 5.41) is 0.541. The average Bonchev–Trinajstić information content (AvgIpc) is 2.91. The van der Waals surface area contributed by atoms with Gasteiger partial charge in [0.2, 0.25) is 5.91 Å². The normalized spacial score (nSPS) is 15.4. The number of halogens is 1. The number of amides is 2. The van der Waals surface area contributed by atoms with Gasteiger partial charge < -0.3 is 9.80 Å². The molecule has 0 spiro atoms. The predicted octanol–water partition coefficient (Wildman–Crippen LogP) is 3.29. The number of piperazine rings is 1. The zero-order chi connectivity index (χ0) is 17.4. The molecule has 2 aromatic rings. The molecule has 0 saturated carbocycles. The van der Waals surface area contributed by atoms with E-state index in [1.54, 1.807) is 17.9 Å². The first-order valence-electron chi connectivity index (χ1n) is 8.15. The van der Waals surface area contributed by atoms with Crippen LogP contribution in [0.2, 0.25) is 0 Å². The lowest BCUT2D eigenvalue weighted by atomic mass is 10.1. The number of hydrogen-bond acceptors (Lipinski definition) is 3. The van der Waals surface area contributed by atoms with E-state index in [-0.39, 0.29) is 23.5 Å². The number of benzene rings is 1. The van der Waals surface area contributed by atoms with Crippen molar-refractivity contribution in [1.82, 2.24) is 9.80 Å². The first-order chi connectivity index (χ1) is 11.4. The number of thiophene rings is 1. The first-order valence-corrected chi connectivity index (χ1v) is 8.97. The average molecular weight is 348 g/mol. The minimum Gasteiger partial charge on any atom is -0.339 e. The predicted molar refractivity (Wildman–Crippen MR) is 93.8 cm³/mol. The van der Waals surface area contributed by atoms with Gasteiger partial charge in [0.15, 0.2) is 0 Å². The molecule has 6 heteroatoms. The standard InChI is InChI=1S/C18H21FN2O2S/c1-11(2)17(22)20-7-9-21(10-8-20)18(23)16-12(3)15-13(19)5-4-6-14(15)24-16/h4-6,11H,7-10H2,1-3H3. The first kappa shape index (κ1) is 16.9. The summed E-state index contributed by atoms with van der Waals surface area (Å²) in [5.74, 6) is -0.250. The van der Waals surface area contributed by atoms with Crippen LogP contribution in [0.4, 0.5) is 4.39 Å². The lowest BCUT2D eigenvalue weighted by Gasteiger charge is -2.35. The van der Waals surface area contributed by atoms with Crippen molar-refractivity contribution in [1.29, 1.82) is 0 Å². The Morgan fingerprint density at radius 3 is 2.33 bits per heavy atom. The molecule has 4 nitrogen and oxygen atoms in total. The second-order valence-corrected chi connectivity index (χ2v) is 7.49. The van der Waals surface area contributed by atoms with E-state index in [0.717, 1.165) is 4.70 Å². The van der Waals surface area contributed by atoms with Crippen LogP contribution in [-0.2, 0) is 4.79 Å². The third-order valence-electron chi connectivity index (χ3n) is 4.47. The van der Waals surface area contributed by atoms with E-state index in [1.165, 1.54) is 17.4 Å². The van der Waals surface area contributed by atoms with E-state index in [2.05, 4.69) is 0 Å².